The second-order valence-corrected chi connectivity index (χ2v) is 5.85. The van der Waals surface area contributed by atoms with Crippen molar-refractivity contribution in [3.05, 3.63) is 35.9 Å². The van der Waals surface area contributed by atoms with Gasteiger partial charge in [-0.2, -0.15) is 0 Å². The van der Waals surface area contributed by atoms with E-state index in [9.17, 15) is 4.79 Å². The van der Waals surface area contributed by atoms with Crippen LogP contribution in [0, 0.1) is 11.8 Å². The topological polar surface area (TPSA) is 20.3 Å². The molecule has 1 fully saturated rings. The van der Waals surface area contributed by atoms with Crippen molar-refractivity contribution in [3.8, 4) is 0 Å². The van der Waals surface area contributed by atoms with E-state index >= 15 is 0 Å². The number of carbonyl (C=O) groups excluding carboxylic acids is 1. The fourth-order valence-electron chi connectivity index (χ4n) is 2.26. The Labute approximate surface area is 117 Å². The molecule has 1 amide bonds. The van der Waals surface area contributed by atoms with E-state index in [4.69, 9.17) is 0 Å². The molecule has 0 saturated heterocycles. The monoisotopic (exact) mass is 309 g/mol. The van der Waals surface area contributed by atoms with E-state index < -0.39 is 0 Å². The van der Waals surface area contributed by atoms with Gasteiger partial charge in [0.1, 0.15) is 0 Å². The Morgan fingerprint density at radius 1 is 1.39 bits per heavy atom. The Morgan fingerprint density at radius 2 is 2.06 bits per heavy atom. The molecule has 98 valence electrons. The van der Waals surface area contributed by atoms with Crippen LogP contribution < -0.4 is 0 Å². The first kappa shape index (κ1) is 13.6. The van der Waals surface area contributed by atoms with E-state index in [2.05, 4.69) is 35.0 Å². The Bertz CT molecular complexity index is 389. The van der Waals surface area contributed by atoms with E-state index in [1.807, 2.05) is 23.1 Å². The number of benzene rings is 1. The maximum absolute atomic E-state index is 12.4. The number of hydrogen-bond acceptors (Lipinski definition) is 1. The van der Waals surface area contributed by atoms with Gasteiger partial charge in [-0.15, -0.1) is 0 Å². The molecule has 0 spiro atoms. The molecular weight excluding hydrogens is 290 g/mol. The summed E-state index contributed by atoms with van der Waals surface area (Å²) in [4.78, 5) is 14.4. The molecule has 0 aliphatic heterocycles. The number of halogens is 1. The third-order valence-electron chi connectivity index (χ3n) is 3.60. The van der Waals surface area contributed by atoms with Crippen molar-refractivity contribution in [2.75, 3.05) is 11.9 Å². The van der Waals surface area contributed by atoms with Crippen LogP contribution in [0.2, 0.25) is 0 Å². The van der Waals surface area contributed by atoms with Gasteiger partial charge in [0.25, 0.3) is 0 Å². The lowest BCUT2D eigenvalue weighted by molar-refractivity contribution is -0.136. The van der Waals surface area contributed by atoms with Gasteiger partial charge < -0.3 is 4.90 Å². The summed E-state index contributed by atoms with van der Waals surface area (Å²) in [6.45, 7) is 3.58. The number of nitrogens with zero attached hydrogens (tertiary/aromatic N) is 1. The first-order valence-electron chi connectivity index (χ1n) is 6.61. The van der Waals surface area contributed by atoms with E-state index in [1.165, 1.54) is 18.4 Å². The molecule has 1 aliphatic rings. The predicted octanol–water partition coefficient (Wildman–Crippen LogP) is 3.46. The molecule has 2 rings (SSSR count). The lowest BCUT2D eigenvalue weighted by atomic mass is 10.0. The van der Waals surface area contributed by atoms with Crippen LogP contribution in [0.3, 0.4) is 0 Å². The molecule has 0 radical (unpaired) electrons. The van der Waals surface area contributed by atoms with Gasteiger partial charge in [-0.1, -0.05) is 53.2 Å². The van der Waals surface area contributed by atoms with Crippen LogP contribution >= 0.6 is 15.9 Å². The van der Waals surface area contributed by atoms with Gasteiger partial charge in [0.15, 0.2) is 0 Å². The number of carbonyl (C=O) groups is 1. The highest BCUT2D eigenvalue weighted by atomic mass is 79.9. The maximum atomic E-state index is 12.4. The van der Waals surface area contributed by atoms with Crippen LogP contribution in [0.1, 0.15) is 25.3 Å². The third kappa shape index (κ3) is 3.58. The molecular formula is C15H20BrNO. The van der Waals surface area contributed by atoms with E-state index in [0.29, 0.717) is 11.8 Å². The van der Waals surface area contributed by atoms with Crippen molar-refractivity contribution in [1.82, 2.24) is 4.90 Å². The highest BCUT2D eigenvalue weighted by Gasteiger charge is 2.34. The summed E-state index contributed by atoms with van der Waals surface area (Å²) < 4.78 is 0. The zero-order valence-electron chi connectivity index (χ0n) is 10.8. The highest BCUT2D eigenvalue weighted by molar-refractivity contribution is 9.09. The van der Waals surface area contributed by atoms with E-state index in [1.54, 1.807) is 0 Å². The second kappa shape index (κ2) is 6.37. The van der Waals surface area contributed by atoms with Gasteiger partial charge in [-0.05, 0) is 24.3 Å². The molecule has 1 aliphatic carbocycles. The van der Waals surface area contributed by atoms with Gasteiger partial charge in [0, 0.05) is 24.3 Å². The standard InChI is InChI=1S/C15H20BrNO/c1-12(14-7-8-14)15(18)17(10-9-16)11-13-5-3-2-4-6-13/h2-6,12,14H,7-11H2,1H3. The molecule has 1 atom stereocenters. The molecule has 1 aromatic carbocycles. The van der Waals surface area contributed by atoms with Gasteiger partial charge in [0.05, 0.1) is 0 Å². The van der Waals surface area contributed by atoms with Crippen molar-refractivity contribution in [2.45, 2.75) is 26.3 Å². The molecule has 0 N–H and O–H groups in total. The molecule has 1 aromatic rings. The summed E-state index contributed by atoms with van der Waals surface area (Å²) in [6, 6.07) is 10.2. The van der Waals surface area contributed by atoms with Crippen molar-refractivity contribution in [1.29, 1.82) is 0 Å². The Morgan fingerprint density at radius 3 is 2.61 bits per heavy atom. The third-order valence-corrected chi connectivity index (χ3v) is 3.96. The zero-order valence-corrected chi connectivity index (χ0v) is 12.4. The van der Waals surface area contributed by atoms with Crippen LogP contribution in [-0.2, 0) is 11.3 Å². The van der Waals surface area contributed by atoms with Gasteiger partial charge >= 0.3 is 0 Å². The van der Waals surface area contributed by atoms with Crippen molar-refractivity contribution < 1.29 is 4.79 Å². The largest absolute Gasteiger partial charge is 0.337 e. The van der Waals surface area contributed by atoms with Crippen molar-refractivity contribution in [3.63, 3.8) is 0 Å². The minimum Gasteiger partial charge on any atom is -0.337 e. The number of alkyl halides is 1. The minimum absolute atomic E-state index is 0.188. The van der Waals surface area contributed by atoms with Crippen molar-refractivity contribution >= 4 is 21.8 Å². The lowest BCUT2D eigenvalue weighted by Gasteiger charge is -2.25. The molecule has 1 unspecified atom stereocenters. The average Bonchev–Trinajstić information content (AvgIpc) is 3.22. The molecule has 18 heavy (non-hydrogen) atoms. The molecule has 1 saturated carbocycles. The summed E-state index contributed by atoms with van der Waals surface area (Å²) in [5, 5.41) is 0.836. The average molecular weight is 310 g/mol. The Kier molecular flexibility index (Phi) is 4.81. The highest BCUT2D eigenvalue weighted by Crippen LogP contribution is 2.37. The Hall–Kier alpha value is -0.830. The maximum Gasteiger partial charge on any atom is 0.226 e. The molecule has 0 heterocycles. The van der Waals surface area contributed by atoms with E-state index in [-0.39, 0.29) is 5.92 Å². The number of rotatable bonds is 6. The fraction of sp³-hybridized carbons (Fsp3) is 0.533. The minimum atomic E-state index is 0.188. The number of hydrogen-bond donors (Lipinski definition) is 0. The van der Waals surface area contributed by atoms with Crippen molar-refractivity contribution in [2.24, 2.45) is 11.8 Å². The molecule has 2 nitrogen and oxygen atoms in total. The predicted molar refractivity (Wildman–Crippen MR) is 77.5 cm³/mol. The summed E-state index contributed by atoms with van der Waals surface area (Å²) >= 11 is 3.44. The van der Waals surface area contributed by atoms with Gasteiger partial charge in [-0.25, -0.2) is 0 Å². The van der Waals surface area contributed by atoms with Gasteiger partial charge in [0.2, 0.25) is 5.91 Å². The summed E-state index contributed by atoms with van der Waals surface area (Å²) in [5.41, 5.74) is 1.20. The Balaban J connectivity index is 2.00. The smallest absolute Gasteiger partial charge is 0.226 e. The summed E-state index contributed by atoms with van der Waals surface area (Å²) in [5.74, 6) is 1.12. The fourth-order valence-corrected chi connectivity index (χ4v) is 2.69. The summed E-state index contributed by atoms with van der Waals surface area (Å²) in [6.07, 6.45) is 2.45. The molecule has 0 bridgehead atoms. The van der Waals surface area contributed by atoms with Crippen LogP contribution in [-0.4, -0.2) is 22.7 Å². The zero-order chi connectivity index (χ0) is 13.0. The van der Waals surface area contributed by atoms with Gasteiger partial charge in [-0.3, -0.25) is 4.79 Å². The normalized spacial score (nSPS) is 16.3. The van der Waals surface area contributed by atoms with Crippen LogP contribution in [0.4, 0.5) is 0 Å². The SMILES string of the molecule is CC(C(=O)N(CCBr)Cc1ccccc1)C1CC1. The molecule has 3 heteroatoms. The van der Waals surface area contributed by atoms with Crippen LogP contribution in [0.5, 0.6) is 0 Å². The first-order valence-corrected chi connectivity index (χ1v) is 7.73. The van der Waals surface area contributed by atoms with E-state index in [0.717, 1.165) is 18.4 Å². The summed E-state index contributed by atoms with van der Waals surface area (Å²) in [7, 11) is 0. The van der Waals surface area contributed by atoms with Crippen LogP contribution in [0.15, 0.2) is 30.3 Å². The quantitative estimate of drug-likeness (QED) is 0.737. The molecule has 0 aromatic heterocycles. The lowest BCUT2D eigenvalue weighted by Crippen LogP contribution is -2.36. The number of amides is 1. The first-order chi connectivity index (χ1) is 8.72. The van der Waals surface area contributed by atoms with Crippen LogP contribution in [0.25, 0.3) is 0 Å². The second-order valence-electron chi connectivity index (χ2n) is 5.06.